The molecule has 0 spiro atoms. The van der Waals surface area contributed by atoms with E-state index in [0.29, 0.717) is 23.5 Å². The quantitative estimate of drug-likeness (QED) is 0.158. The first-order valence-corrected chi connectivity index (χ1v) is 13.0. The summed E-state index contributed by atoms with van der Waals surface area (Å²) in [6, 6.07) is 3.32. The second kappa shape index (κ2) is 18.5. The van der Waals surface area contributed by atoms with Gasteiger partial charge in [-0.2, -0.15) is 0 Å². The molecule has 0 fully saturated rings. The molecule has 2 rings (SSSR count). The standard InChI is InChI=1S/C31H39NO6/c1-2-3-4-5-6-7-8-9-10-11-12-13-14-15-16-17-18-19-20-28(33)38-31(35)29(32)30(34)25-21-22-26-27(23-25)37-24-36-26/h3-4,6-7,9-10,12-13,15-16,18-19,21-23,29-30,34H,2,5,8,11,14,17,20,24,32H2,1H3/b4-3-,7-6-,10-9-,13-12-,16-15-,19-18-/t29-,30+/m0/s1. The zero-order valence-electron chi connectivity index (χ0n) is 22.0. The lowest BCUT2D eigenvalue weighted by Crippen LogP contribution is -2.39. The van der Waals surface area contributed by atoms with Crippen molar-refractivity contribution in [3.8, 4) is 11.5 Å². The lowest BCUT2D eigenvalue weighted by atomic mass is 10.0. The molecule has 1 aliphatic rings. The molecule has 0 bridgehead atoms. The van der Waals surface area contributed by atoms with Crippen molar-refractivity contribution >= 4 is 11.9 Å². The lowest BCUT2D eigenvalue weighted by Gasteiger charge is -2.17. The van der Waals surface area contributed by atoms with Crippen LogP contribution in [0.2, 0.25) is 0 Å². The maximum Gasteiger partial charge on any atom is 0.333 e. The average Bonchev–Trinajstić information content (AvgIpc) is 3.39. The van der Waals surface area contributed by atoms with Crippen LogP contribution >= 0.6 is 0 Å². The minimum Gasteiger partial charge on any atom is -0.454 e. The van der Waals surface area contributed by atoms with Crippen LogP contribution < -0.4 is 15.2 Å². The number of carbonyl (C=O) groups is 2. The third kappa shape index (κ3) is 12.0. The summed E-state index contributed by atoms with van der Waals surface area (Å²) in [7, 11) is 0. The summed E-state index contributed by atoms with van der Waals surface area (Å²) in [6.45, 7) is 2.22. The average molecular weight is 522 g/mol. The van der Waals surface area contributed by atoms with E-state index in [2.05, 4.69) is 61.6 Å². The van der Waals surface area contributed by atoms with E-state index in [9.17, 15) is 14.7 Å². The molecule has 7 nitrogen and oxygen atoms in total. The molecular formula is C31H39NO6. The molecule has 1 aromatic rings. The van der Waals surface area contributed by atoms with Gasteiger partial charge in [-0.05, 0) is 56.2 Å². The maximum absolute atomic E-state index is 12.2. The normalized spacial score (nSPS) is 15.1. The smallest absolute Gasteiger partial charge is 0.333 e. The molecule has 0 amide bonds. The summed E-state index contributed by atoms with van der Waals surface area (Å²) < 4.78 is 15.2. The van der Waals surface area contributed by atoms with Gasteiger partial charge < -0.3 is 25.1 Å². The van der Waals surface area contributed by atoms with Gasteiger partial charge in [0.25, 0.3) is 0 Å². The highest BCUT2D eigenvalue weighted by Crippen LogP contribution is 2.34. The molecule has 0 aromatic heterocycles. The van der Waals surface area contributed by atoms with Crippen LogP contribution in [0.25, 0.3) is 0 Å². The Balaban J connectivity index is 1.56. The van der Waals surface area contributed by atoms with E-state index in [1.165, 1.54) is 0 Å². The van der Waals surface area contributed by atoms with Crippen LogP contribution in [0.3, 0.4) is 0 Å². The van der Waals surface area contributed by atoms with Gasteiger partial charge in [-0.1, -0.05) is 85.9 Å². The zero-order chi connectivity index (χ0) is 27.4. The van der Waals surface area contributed by atoms with Crippen molar-refractivity contribution in [2.45, 2.75) is 64.0 Å². The van der Waals surface area contributed by atoms with Gasteiger partial charge in [0.1, 0.15) is 12.1 Å². The maximum atomic E-state index is 12.2. The number of benzene rings is 1. The monoisotopic (exact) mass is 521 g/mol. The number of aliphatic hydroxyl groups excluding tert-OH is 1. The van der Waals surface area contributed by atoms with Gasteiger partial charge in [0, 0.05) is 0 Å². The van der Waals surface area contributed by atoms with Gasteiger partial charge in [0.05, 0.1) is 6.42 Å². The SMILES string of the molecule is CC/C=C\C/C=C\C/C=C\C/C=C\C/C=C\C/C=C\CC(=O)OC(=O)[C@@H](N)[C@H](O)c1ccc2c(c1)OCO2. The Morgan fingerprint density at radius 3 is 1.89 bits per heavy atom. The Kier molecular flexibility index (Phi) is 14.9. The van der Waals surface area contributed by atoms with Crippen molar-refractivity contribution in [1.82, 2.24) is 0 Å². The molecule has 1 heterocycles. The van der Waals surface area contributed by atoms with E-state index in [4.69, 9.17) is 19.9 Å². The van der Waals surface area contributed by atoms with E-state index >= 15 is 0 Å². The number of nitrogens with two attached hydrogens (primary N) is 1. The van der Waals surface area contributed by atoms with Gasteiger partial charge in [0.2, 0.25) is 6.79 Å². The molecule has 1 aromatic carbocycles. The molecule has 3 N–H and O–H groups in total. The van der Waals surface area contributed by atoms with Crippen molar-refractivity contribution in [1.29, 1.82) is 0 Å². The number of carbonyl (C=O) groups excluding carboxylic acids is 2. The molecule has 0 saturated heterocycles. The number of hydrogen-bond acceptors (Lipinski definition) is 7. The van der Waals surface area contributed by atoms with Crippen LogP contribution in [0.1, 0.15) is 63.5 Å². The first kappa shape index (κ1) is 30.5. The number of hydrogen-bond donors (Lipinski definition) is 2. The molecule has 38 heavy (non-hydrogen) atoms. The fourth-order valence-electron chi connectivity index (χ4n) is 3.36. The molecule has 0 saturated carbocycles. The van der Waals surface area contributed by atoms with Crippen molar-refractivity contribution in [2.24, 2.45) is 5.73 Å². The second-order valence-electron chi connectivity index (χ2n) is 8.50. The molecule has 0 aliphatic carbocycles. The number of ether oxygens (including phenoxy) is 3. The van der Waals surface area contributed by atoms with Gasteiger partial charge >= 0.3 is 11.9 Å². The third-order valence-electron chi connectivity index (χ3n) is 5.45. The molecule has 7 heteroatoms. The zero-order valence-corrected chi connectivity index (χ0v) is 22.0. The van der Waals surface area contributed by atoms with Crippen LogP contribution in [0.5, 0.6) is 11.5 Å². The molecule has 2 atom stereocenters. The minimum absolute atomic E-state index is 0.0662. The van der Waals surface area contributed by atoms with Gasteiger partial charge in [-0.15, -0.1) is 0 Å². The van der Waals surface area contributed by atoms with E-state index in [-0.39, 0.29) is 13.2 Å². The Morgan fingerprint density at radius 2 is 1.34 bits per heavy atom. The predicted octanol–water partition coefficient (Wildman–Crippen LogP) is 5.93. The van der Waals surface area contributed by atoms with Gasteiger partial charge in [-0.3, -0.25) is 4.79 Å². The summed E-state index contributed by atoms with van der Waals surface area (Å²) in [5, 5.41) is 10.4. The Morgan fingerprint density at radius 1 is 0.842 bits per heavy atom. The summed E-state index contributed by atoms with van der Waals surface area (Å²) >= 11 is 0. The highest BCUT2D eigenvalue weighted by Gasteiger charge is 2.28. The van der Waals surface area contributed by atoms with Crippen molar-refractivity contribution in [2.75, 3.05) is 6.79 Å². The summed E-state index contributed by atoms with van der Waals surface area (Å²) in [4.78, 5) is 24.1. The molecule has 204 valence electrons. The molecule has 1 aliphatic heterocycles. The Labute approximate surface area is 225 Å². The Bertz CT molecular complexity index is 1050. The summed E-state index contributed by atoms with van der Waals surface area (Å²) in [5.74, 6) is -0.728. The number of esters is 2. The number of aliphatic hydroxyl groups is 1. The highest BCUT2D eigenvalue weighted by molar-refractivity contribution is 5.89. The number of allylic oxidation sites excluding steroid dienone is 11. The van der Waals surface area contributed by atoms with Crippen LogP contribution in [-0.4, -0.2) is 29.9 Å². The van der Waals surface area contributed by atoms with Crippen molar-refractivity contribution < 1.29 is 28.9 Å². The van der Waals surface area contributed by atoms with Crippen LogP contribution in [-0.2, 0) is 14.3 Å². The largest absolute Gasteiger partial charge is 0.454 e. The van der Waals surface area contributed by atoms with Crippen molar-refractivity contribution in [3.63, 3.8) is 0 Å². The lowest BCUT2D eigenvalue weighted by molar-refractivity contribution is -0.161. The molecular weight excluding hydrogens is 482 g/mol. The third-order valence-corrected chi connectivity index (χ3v) is 5.45. The van der Waals surface area contributed by atoms with Gasteiger partial charge in [0.15, 0.2) is 11.5 Å². The van der Waals surface area contributed by atoms with Crippen molar-refractivity contribution in [3.05, 3.63) is 96.7 Å². The topological polar surface area (TPSA) is 108 Å². The predicted molar refractivity (Wildman–Crippen MR) is 149 cm³/mol. The van der Waals surface area contributed by atoms with E-state index < -0.39 is 24.1 Å². The van der Waals surface area contributed by atoms with Crippen LogP contribution in [0, 0.1) is 0 Å². The number of rotatable bonds is 16. The summed E-state index contributed by atoms with van der Waals surface area (Å²) in [5.41, 5.74) is 6.16. The summed E-state index contributed by atoms with van der Waals surface area (Å²) in [6.07, 6.45) is 28.8. The second-order valence-corrected chi connectivity index (χ2v) is 8.50. The molecule has 0 radical (unpaired) electrons. The first-order chi connectivity index (χ1) is 18.5. The van der Waals surface area contributed by atoms with Crippen LogP contribution in [0.15, 0.2) is 91.1 Å². The number of fused-ring (bicyclic) bond motifs is 1. The fourth-order valence-corrected chi connectivity index (χ4v) is 3.36. The highest BCUT2D eigenvalue weighted by atomic mass is 16.7. The Hall–Kier alpha value is -3.68. The fraction of sp³-hybridized carbons (Fsp3) is 0.355. The van der Waals surface area contributed by atoms with E-state index in [1.807, 2.05) is 12.2 Å². The molecule has 0 unspecified atom stereocenters. The first-order valence-electron chi connectivity index (χ1n) is 13.0. The van der Waals surface area contributed by atoms with Crippen LogP contribution in [0.4, 0.5) is 0 Å². The van der Waals surface area contributed by atoms with E-state index in [1.54, 1.807) is 24.3 Å². The minimum atomic E-state index is -1.41. The van der Waals surface area contributed by atoms with Gasteiger partial charge in [-0.25, -0.2) is 4.79 Å². The van der Waals surface area contributed by atoms with E-state index in [0.717, 1.165) is 32.1 Å².